The van der Waals surface area contributed by atoms with Crippen molar-refractivity contribution in [2.24, 2.45) is 0 Å². The average Bonchev–Trinajstić information content (AvgIpc) is 2.75. The number of thiazole rings is 1. The van der Waals surface area contributed by atoms with E-state index in [1.807, 2.05) is 12.1 Å². The summed E-state index contributed by atoms with van der Waals surface area (Å²) in [5.41, 5.74) is 3.42. The summed E-state index contributed by atoms with van der Waals surface area (Å²) in [6.07, 6.45) is -1.13. The number of hydrogen-bond donors (Lipinski definition) is 3. The minimum atomic E-state index is -0.848. The van der Waals surface area contributed by atoms with Crippen molar-refractivity contribution in [3.8, 4) is 0 Å². The first-order chi connectivity index (χ1) is 7.72. The van der Waals surface area contributed by atoms with E-state index in [1.54, 1.807) is 11.6 Å². The van der Waals surface area contributed by atoms with Gasteiger partial charge in [-0.15, -0.1) is 11.3 Å². The smallest absolute Gasteiger partial charge is 0.105 e. The minimum absolute atomic E-state index is 0.477. The van der Waals surface area contributed by atoms with Crippen molar-refractivity contribution in [1.82, 2.24) is 4.98 Å². The Bertz CT molecular complexity index is 472. The lowest BCUT2D eigenvalue weighted by Crippen LogP contribution is -2.18. The number of aliphatic hydroxyl groups excluding tert-OH is 2. The van der Waals surface area contributed by atoms with Crippen LogP contribution >= 0.6 is 24.0 Å². The third kappa shape index (κ3) is 2.38. The van der Waals surface area contributed by atoms with E-state index in [1.165, 1.54) is 11.3 Å². The highest BCUT2D eigenvalue weighted by Crippen LogP contribution is 2.25. The van der Waals surface area contributed by atoms with Crippen molar-refractivity contribution >= 4 is 34.2 Å². The molecule has 16 heavy (non-hydrogen) atoms. The predicted molar refractivity (Wildman–Crippen MR) is 69.1 cm³/mol. The van der Waals surface area contributed by atoms with Crippen LogP contribution in [-0.4, -0.2) is 27.1 Å². The molecule has 1 aromatic heterocycles. The van der Waals surface area contributed by atoms with Crippen molar-refractivity contribution in [2.45, 2.75) is 18.6 Å². The zero-order valence-electron chi connectivity index (χ0n) is 8.58. The zero-order valence-corrected chi connectivity index (χ0v) is 10.3. The van der Waals surface area contributed by atoms with Gasteiger partial charge in [-0.05, 0) is 29.9 Å². The van der Waals surface area contributed by atoms with Gasteiger partial charge in [-0.2, -0.15) is 12.6 Å². The minimum Gasteiger partial charge on any atom is -0.390 e. The first-order valence-electron chi connectivity index (χ1n) is 5.02. The molecule has 0 saturated heterocycles. The molecule has 0 amide bonds. The van der Waals surface area contributed by atoms with Gasteiger partial charge < -0.3 is 10.2 Å². The van der Waals surface area contributed by atoms with E-state index in [0.717, 1.165) is 15.8 Å². The van der Waals surface area contributed by atoms with Crippen molar-refractivity contribution in [3.63, 3.8) is 0 Å². The van der Waals surface area contributed by atoms with Crippen LogP contribution in [0.4, 0.5) is 0 Å². The maximum absolute atomic E-state index is 9.92. The first kappa shape index (κ1) is 11.9. The summed E-state index contributed by atoms with van der Waals surface area (Å²) in [6.45, 7) is 0. The average molecular weight is 255 g/mol. The number of aliphatic hydroxyl groups is 2. The lowest BCUT2D eigenvalue weighted by Gasteiger charge is -2.17. The van der Waals surface area contributed by atoms with Crippen molar-refractivity contribution in [3.05, 3.63) is 29.3 Å². The van der Waals surface area contributed by atoms with Crippen LogP contribution in [0, 0.1) is 0 Å². The third-order valence-corrected chi connectivity index (χ3v) is 3.54. The monoisotopic (exact) mass is 255 g/mol. The van der Waals surface area contributed by atoms with Gasteiger partial charge >= 0.3 is 0 Å². The van der Waals surface area contributed by atoms with Crippen LogP contribution in [0.2, 0.25) is 0 Å². The van der Waals surface area contributed by atoms with Crippen molar-refractivity contribution in [1.29, 1.82) is 0 Å². The number of aromatic nitrogens is 1. The summed E-state index contributed by atoms with van der Waals surface area (Å²) in [7, 11) is 0. The van der Waals surface area contributed by atoms with Gasteiger partial charge in [-0.25, -0.2) is 4.98 Å². The topological polar surface area (TPSA) is 53.4 Å². The fourth-order valence-corrected chi connectivity index (χ4v) is 2.56. The van der Waals surface area contributed by atoms with Gasteiger partial charge in [0.25, 0.3) is 0 Å². The molecule has 0 spiro atoms. The highest BCUT2D eigenvalue weighted by atomic mass is 32.1. The van der Waals surface area contributed by atoms with Crippen LogP contribution in [0.3, 0.4) is 0 Å². The summed E-state index contributed by atoms with van der Waals surface area (Å²) in [4.78, 5) is 4.16. The van der Waals surface area contributed by atoms with Crippen LogP contribution in [0.15, 0.2) is 23.7 Å². The molecule has 3 nitrogen and oxygen atoms in total. The molecule has 1 heterocycles. The van der Waals surface area contributed by atoms with Gasteiger partial charge in [0, 0.05) is 0 Å². The lowest BCUT2D eigenvalue weighted by atomic mass is 10.0. The van der Waals surface area contributed by atoms with Gasteiger partial charge in [0.15, 0.2) is 0 Å². The number of benzene rings is 1. The normalized spacial score (nSPS) is 15.2. The van der Waals surface area contributed by atoms with Gasteiger partial charge in [-0.3, -0.25) is 0 Å². The Morgan fingerprint density at radius 1 is 1.38 bits per heavy atom. The molecule has 0 fully saturated rings. The molecule has 2 aromatic rings. The third-order valence-electron chi connectivity index (χ3n) is 2.49. The van der Waals surface area contributed by atoms with Crippen molar-refractivity contribution < 1.29 is 10.2 Å². The zero-order chi connectivity index (χ0) is 11.5. The molecule has 2 atom stereocenters. The Labute approximate surface area is 103 Å². The van der Waals surface area contributed by atoms with Crippen molar-refractivity contribution in [2.75, 3.05) is 5.75 Å². The summed E-state index contributed by atoms with van der Waals surface area (Å²) >= 11 is 5.56. The molecule has 2 unspecified atom stereocenters. The summed E-state index contributed by atoms with van der Waals surface area (Å²) < 4.78 is 1.02. The SMILES string of the molecule is OC(CCS)C(O)c1ccc2ncsc2c1. The number of hydrogen-bond acceptors (Lipinski definition) is 5. The molecule has 5 heteroatoms. The van der Waals surface area contributed by atoms with Gasteiger partial charge in [-0.1, -0.05) is 6.07 Å². The van der Waals surface area contributed by atoms with E-state index >= 15 is 0 Å². The molecule has 0 aliphatic heterocycles. The molecule has 86 valence electrons. The molecular formula is C11H13NO2S2. The van der Waals surface area contributed by atoms with Crippen LogP contribution < -0.4 is 0 Å². The molecule has 1 aromatic carbocycles. The lowest BCUT2D eigenvalue weighted by molar-refractivity contribution is 0.0173. The molecule has 0 bridgehead atoms. The fourth-order valence-electron chi connectivity index (χ4n) is 1.57. The van der Waals surface area contributed by atoms with E-state index in [-0.39, 0.29) is 0 Å². The Morgan fingerprint density at radius 2 is 2.19 bits per heavy atom. The Morgan fingerprint density at radius 3 is 2.94 bits per heavy atom. The fraction of sp³-hybridized carbons (Fsp3) is 0.364. The van der Waals surface area contributed by atoms with E-state index in [0.29, 0.717) is 12.2 Å². The Balaban J connectivity index is 2.24. The Hall–Kier alpha value is -0.620. The second-order valence-corrected chi connectivity index (χ2v) is 4.94. The number of thiol groups is 1. The second-order valence-electron chi connectivity index (χ2n) is 3.60. The standard InChI is InChI=1S/C11H13NO2S2/c13-9(3-4-15)11(14)7-1-2-8-10(5-7)16-6-12-8/h1-2,5-6,9,11,13-15H,3-4H2. The molecule has 2 N–H and O–H groups in total. The number of fused-ring (bicyclic) bond motifs is 1. The Kier molecular flexibility index (Phi) is 3.81. The first-order valence-corrected chi connectivity index (χ1v) is 6.53. The second kappa shape index (κ2) is 5.14. The maximum atomic E-state index is 9.92. The number of nitrogens with zero attached hydrogens (tertiary/aromatic N) is 1. The number of rotatable bonds is 4. The summed E-state index contributed by atoms with van der Waals surface area (Å²) in [5, 5.41) is 19.6. The van der Waals surface area contributed by atoms with Crippen LogP contribution in [0.5, 0.6) is 0 Å². The quantitative estimate of drug-likeness (QED) is 0.733. The van der Waals surface area contributed by atoms with E-state index in [4.69, 9.17) is 0 Å². The summed E-state index contributed by atoms with van der Waals surface area (Å²) in [5.74, 6) is 0.557. The van der Waals surface area contributed by atoms with Crippen LogP contribution in [-0.2, 0) is 0 Å². The van der Waals surface area contributed by atoms with E-state index < -0.39 is 12.2 Å². The van der Waals surface area contributed by atoms with Gasteiger partial charge in [0.2, 0.25) is 0 Å². The highest BCUT2D eigenvalue weighted by Gasteiger charge is 2.17. The van der Waals surface area contributed by atoms with E-state index in [2.05, 4.69) is 17.6 Å². The largest absolute Gasteiger partial charge is 0.390 e. The van der Waals surface area contributed by atoms with Gasteiger partial charge in [0.05, 0.1) is 21.8 Å². The molecule has 0 saturated carbocycles. The summed E-state index contributed by atoms with van der Waals surface area (Å²) in [6, 6.07) is 5.53. The molecular weight excluding hydrogens is 242 g/mol. The maximum Gasteiger partial charge on any atom is 0.105 e. The molecule has 0 aliphatic carbocycles. The molecule has 0 radical (unpaired) electrons. The van der Waals surface area contributed by atoms with E-state index in [9.17, 15) is 10.2 Å². The molecule has 2 rings (SSSR count). The highest BCUT2D eigenvalue weighted by molar-refractivity contribution is 7.80. The van der Waals surface area contributed by atoms with Gasteiger partial charge in [0.1, 0.15) is 6.10 Å². The van der Waals surface area contributed by atoms with Crippen LogP contribution in [0.1, 0.15) is 18.1 Å². The molecule has 0 aliphatic rings. The predicted octanol–water partition coefficient (Wildman–Crippen LogP) is 2.01. The van der Waals surface area contributed by atoms with Crippen LogP contribution in [0.25, 0.3) is 10.2 Å².